The van der Waals surface area contributed by atoms with E-state index in [4.69, 9.17) is 9.26 Å². The van der Waals surface area contributed by atoms with E-state index in [0.717, 1.165) is 5.56 Å². The summed E-state index contributed by atoms with van der Waals surface area (Å²) in [6.45, 7) is 7.98. The van der Waals surface area contributed by atoms with Crippen LogP contribution in [0.4, 0.5) is 0 Å². The molecule has 0 saturated heterocycles. The highest BCUT2D eigenvalue weighted by Crippen LogP contribution is 2.35. The highest BCUT2D eigenvalue weighted by Gasteiger charge is 2.30. The van der Waals surface area contributed by atoms with Gasteiger partial charge in [0.05, 0.1) is 0 Å². The van der Waals surface area contributed by atoms with Crippen LogP contribution in [-0.2, 0) is 4.74 Å². The van der Waals surface area contributed by atoms with Gasteiger partial charge in [0.1, 0.15) is 11.9 Å². The van der Waals surface area contributed by atoms with Crippen LogP contribution in [0.25, 0.3) is 11.5 Å². The fraction of sp³-hybridized carbons (Fsp3) is 0.467. The summed E-state index contributed by atoms with van der Waals surface area (Å²) in [7, 11) is 1.63. The van der Waals surface area contributed by atoms with E-state index < -0.39 is 0 Å². The molecule has 1 aromatic carbocycles. The second kappa shape index (κ2) is 5.25. The number of hydrogen-bond acceptors (Lipinski definition) is 5. The molecule has 5 heteroatoms. The van der Waals surface area contributed by atoms with E-state index in [1.807, 2.05) is 19.1 Å². The van der Waals surface area contributed by atoms with Crippen molar-refractivity contribution in [2.45, 2.75) is 33.8 Å². The molecular weight excluding hydrogens is 256 g/mol. The summed E-state index contributed by atoms with van der Waals surface area (Å²) < 4.78 is 10.7. The highest BCUT2D eigenvalue weighted by atomic mass is 16.5. The first-order valence-corrected chi connectivity index (χ1v) is 6.49. The molecule has 2 aromatic rings. The molecule has 0 spiro atoms. The maximum atomic E-state index is 9.74. The summed E-state index contributed by atoms with van der Waals surface area (Å²) in [4.78, 5) is 4.38. The first-order chi connectivity index (χ1) is 9.32. The zero-order valence-electron chi connectivity index (χ0n) is 12.5. The van der Waals surface area contributed by atoms with Gasteiger partial charge in [0.25, 0.3) is 5.89 Å². The van der Waals surface area contributed by atoms with Crippen molar-refractivity contribution in [1.29, 1.82) is 0 Å². The minimum Gasteiger partial charge on any atom is -0.508 e. The Morgan fingerprint density at radius 3 is 2.55 bits per heavy atom. The SMILES string of the molecule is COC(c1noc(-c2ccc(C)c(O)c2)n1)C(C)(C)C. The molecule has 0 aliphatic carbocycles. The van der Waals surface area contributed by atoms with Gasteiger partial charge in [-0.25, -0.2) is 0 Å². The van der Waals surface area contributed by atoms with Crippen LogP contribution in [0.2, 0.25) is 0 Å². The standard InChI is InChI=1S/C15H20N2O3/c1-9-6-7-10(8-11(9)18)14-16-13(17-20-14)12(19-5)15(2,3)4/h6-8,12,18H,1-5H3. The van der Waals surface area contributed by atoms with Crippen molar-refractivity contribution in [2.75, 3.05) is 7.11 Å². The highest BCUT2D eigenvalue weighted by molar-refractivity contribution is 5.57. The molecule has 108 valence electrons. The van der Waals surface area contributed by atoms with Crippen LogP contribution in [0.15, 0.2) is 22.7 Å². The fourth-order valence-corrected chi connectivity index (χ4v) is 2.05. The van der Waals surface area contributed by atoms with Gasteiger partial charge in [0.15, 0.2) is 0 Å². The molecule has 0 radical (unpaired) electrons. The van der Waals surface area contributed by atoms with Crippen molar-refractivity contribution < 1.29 is 14.4 Å². The van der Waals surface area contributed by atoms with Crippen LogP contribution in [0.3, 0.4) is 0 Å². The molecule has 0 bridgehead atoms. The summed E-state index contributed by atoms with van der Waals surface area (Å²) in [5.74, 6) is 1.10. The minimum atomic E-state index is -0.251. The Morgan fingerprint density at radius 2 is 2.00 bits per heavy atom. The summed E-state index contributed by atoms with van der Waals surface area (Å²) in [5, 5.41) is 13.7. The third-order valence-corrected chi connectivity index (χ3v) is 3.15. The first kappa shape index (κ1) is 14.5. The molecule has 0 amide bonds. The van der Waals surface area contributed by atoms with Crippen LogP contribution < -0.4 is 0 Å². The van der Waals surface area contributed by atoms with Crippen LogP contribution in [0, 0.1) is 12.3 Å². The topological polar surface area (TPSA) is 68.4 Å². The van der Waals surface area contributed by atoms with Crippen molar-refractivity contribution in [3.63, 3.8) is 0 Å². The van der Waals surface area contributed by atoms with Gasteiger partial charge in [-0.1, -0.05) is 32.0 Å². The van der Waals surface area contributed by atoms with Gasteiger partial charge < -0.3 is 14.4 Å². The Balaban J connectivity index is 2.35. The Kier molecular flexibility index (Phi) is 3.81. The maximum absolute atomic E-state index is 9.74. The lowest BCUT2D eigenvalue weighted by Crippen LogP contribution is -2.21. The molecule has 1 heterocycles. The minimum absolute atomic E-state index is 0.134. The van der Waals surface area contributed by atoms with Crippen molar-refractivity contribution in [3.8, 4) is 17.2 Å². The number of aromatic hydroxyl groups is 1. The van der Waals surface area contributed by atoms with E-state index in [-0.39, 0.29) is 17.3 Å². The van der Waals surface area contributed by atoms with E-state index in [1.165, 1.54) is 0 Å². The van der Waals surface area contributed by atoms with Crippen LogP contribution in [0.1, 0.15) is 38.3 Å². The van der Waals surface area contributed by atoms with Crippen LogP contribution in [0.5, 0.6) is 5.75 Å². The normalized spacial score (nSPS) is 13.4. The largest absolute Gasteiger partial charge is 0.508 e. The van der Waals surface area contributed by atoms with Crippen molar-refractivity contribution in [3.05, 3.63) is 29.6 Å². The van der Waals surface area contributed by atoms with Crippen molar-refractivity contribution >= 4 is 0 Å². The molecular formula is C15H20N2O3. The third kappa shape index (κ3) is 2.82. The maximum Gasteiger partial charge on any atom is 0.258 e. The second-order valence-corrected chi connectivity index (χ2v) is 5.94. The van der Waals surface area contributed by atoms with Crippen LogP contribution >= 0.6 is 0 Å². The van der Waals surface area contributed by atoms with Gasteiger partial charge in [-0.05, 0) is 30.0 Å². The summed E-state index contributed by atoms with van der Waals surface area (Å²) >= 11 is 0. The molecule has 1 unspecified atom stereocenters. The van der Waals surface area contributed by atoms with Crippen molar-refractivity contribution in [1.82, 2.24) is 10.1 Å². The Morgan fingerprint density at radius 1 is 1.30 bits per heavy atom. The quantitative estimate of drug-likeness (QED) is 0.929. The Labute approximate surface area is 118 Å². The number of rotatable bonds is 3. The third-order valence-electron chi connectivity index (χ3n) is 3.15. The molecule has 0 saturated carbocycles. The average molecular weight is 276 g/mol. The molecule has 0 aliphatic rings. The van der Waals surface area contributed by atoms with E-state index >= 15 is 0 Å². The monoisotopic (exact) mass is 276 g/mol. The van der Waals surface area contributed by atoms with E-state index in [1.54, 1.807) is 13.2 Å². The smallest absolute Gasteiger partial charge is 0.258 e. The number of benzene rings is 1. The predicted molar refractivity (Wildman–Crippen MR) is 75.3 cm³/mol. The molecule has 20 heavy (non-hydrogen) atoms. The van der Waals surface area contributed by atoms with Crippen LogP contribution in [-0.4, -0.2) is 22.4 Å². The zero-order chi connectivity index (χ0) is 14.9. The van der Waals surface area contributed by atoms with E-state index in [2.05, 4.69) is 30.9 Å². The fourth-order valence-electron chi connectivity index (χ4n) is 2.05. The van der Waals surface area contributed by atoms with Crippen molar-refractivity contribution in [2.24, 2.45) is 5.41 Å². The van der Waals surface area contributed by atoms with Gasteiger partial charge in [-0.15, -0.1) is 0 Å². The number of hydrogen-bond donors (Lipinski definition) is 1. The molecule has 5 nitrogen and oxygen atoms in total. The van der Waals surface area contributed by atoms with E-state index in [9.17, 15) is 5.11 Å². The number of phenolic OH excluding ortho intramolecular Hbond substituents is 1. The van der Waals surface area contributed by atoms with E-state index in [0.29, 0.717) is 17.3 Å². The zero-order valence-corrected chi connectivity index (χ0v) is 12.5. The van der Waals surface area contributed by atoms with Gasteiger partial charge in [-0.2, -0.15) is 4.98 Å². The number of aromatic nitrogens is 2. The number of phenols is 1. The lowest BCUT2D eigenvalue weighted by molar-refractivity contribution is 0.00718. The average Bonchev–Trinajstić information content (AvgIpc) is 2.81. The number of aryl methyl sites for hydroxylation is 1. The molecule has 1 N–H and O–H groups in total. The molecule has 1 atom stereocenters. The molecule has 0 aliphatic heterocycles. The molecule has 2 rings (SSSR count). The van der Waals surface area contributed by atoms with Gasteiger partial charge in [-0.3, -0.25) is 0 Å². The lowest BCUT2D eigenvalue weighted by Gasteiger charge is -2.26. The summed E-state index contributed by atoms with van der Waals surface area (Å²) in [6.07, 6.45) is -0.251. The van der Waals surface area contributed by atoms with Gasteiger partial charge in [0.2, 0.25) is 5.82 Å². The van der Waals surface area contributed by atoms with Gasteiger partial charge >= 0.3 is 0 Å². The molecule has 1 aromatic heterocycles. The Hall–Kier alpha value is -1.88. The molecule has 0 fully saturated rings. The predicted octanol–water partition coefficient (Wildman–Crippen LogP) is 3.48. The Bertz CT molecular complexity index is 599. The first-order valence-electron chi connectivity index (χ1n) is 6.49. The lowest BCUT2D eigenvalue weighted by atomic mass is 9.88. The summed E-state index contributed by atoms with van der Waals surface area (Å²) in [6, 6.07) is 5.27. The van der Waals surface area contributed by atoms with Gasteiger partial charge in [0, 0.05) is 12.7 Å². The second-order valence-electron chi connectivity index (χ2n) is 5.94. The summed E-state index contributed by atoms with van der Waals surface area (Å²) in [5.41, 5.74) is 1.36. The number of methoxy groups -OCH3 is 1. The number of ether oxygens (including phenoxy) is 1. The number of nitrogens with zero attached hydrogens (tertiary/aromatic N) is 2.